The van der Waals surface area contributed by atoms with Gasteiger partial charge in [0.05, 0.1) is 6.33 Å². The van der Waals surface area contributed by atoms with Crippen molar-refractivity contribution in [2.45, 2.75) is 25.8 Å². The fraction of sp³-hybridized carbons (Fsp3) is 0.786. The number of hydrogen-bond donors (Lipinski definition) is 1. The van der Waals surface area contributed by atoms with E-state index in [1.807, 2.05) is 18.7 Å². The lowest BCUT2D eigenvalue weighted by atomic mass is 10.2. The fourth-order valence-corrected chi connectivity index (χ4v) is 2.61. The van der Waals surface area contributed by atoms with Gasteiger partial charge in [-0.1, -0.05) is 0 Å². The van der Waals surface area contributed by atoms with Crippen LogP contribution in [0.3, 0.4) is 0 Å². The van der Waals surface area contributed by atoms with Gasteiger partial charge in [0.2, 0.25) is 0 Å². The van der Waals surface area contributed by atoms with Gasteiger partial charge < -0.3 is 20.1 Å². The monoisotopic (exact) mass is 265 g/mol. The second-order valence-electron chi connectivity index (χ2n) is 5.33. The van der Waals surface area contributed by atoms with Crippen LogP contribution in [0.2, 0.25) is 0 Å². The number of imidazole rings is 1. The number of piperazine rings is 1. The maximum atomic E-state index is 5.53. The highest BCUT2D eigenvalue weighted by Crippen LogP contribution is 2.04. The number of rotatable bonds is 8. The van der Waals surface area contributed by atoms with Gasteiger partial charge >= 0.3 is 0 Å². The lowest BCUT2D eigenvalue weighted by Gasteiger charge is -2.34. The highest BCUT2D eigenvalue weighted by atomic mass is 15.3. The van der Waals surface area contributed by atoms with Crippen LogP contribution in [0.15, 0.2) is 18.7 Å². The van der Waals surface area contributed by atoms with Gasteiger partial charge in [-0.25, -0.2) is 4.98 Å². The minimum Gasteiger partial charge on any atom is -0.337 e. The molecule has 0 aliphatic carbocycles. The van der Waals surface area contributed by atoms with Gasteiger partial charge in [0, 0.05) is 45.1 Å². The third kappa shape index (κ3) is 5.30. The number of nitrogens with two attached hydrogens (primary N) is 1. The van der Waals surface area contributed by atoms with E-state index in [-0.39, 0.29) is 0 Å². The largest absolute Gasteiger partial charge is 0.337 e. The van der Waals surface area contributed by atoms with Crippen molar-refractivity contribution in [2.24, 2.45) is 5.73 Å². The molecule has 0 amide bonds. The molecular weight excluding hydrogens is 238 g/mol. The molecule has 1 aliphatic rings. The number of hydrogen-bond acceptors (Lipinski definition) is 4. The van der Waals surface area contributed by atoms with E-state index in [9.17, 15) is 0 Å². The highest BCUT2D eigenvalue weighted by molar-refractivity contribution is 4.75. The van der Waals surface area contributed by atoms with Crippen molar-refractivity contribution in [1.82, 2.24) is 19.4 Å². The van der Waals surface area contributed by atoms with Crippen molar-refractivity contribution < 1.29 is 0 Å². The fourth-order valence-electron chi connectivity index (χ4n) is 2.61. The Morgan fingerprint density at radius 3 is 2.16 bits per heavy atom. The molecule has 0 spiro atoms. The maximum Gasteiger partial charge on any atom is 0.0945 e. The van der Waals surface area contributed by atoms with E-state index in [1.54, 1.807) is 0 Å². The Labute approximate surface area is 116 Å². The molecule has 1 aliphatic heterocycles. The molecule has 5 heteroatoms. The van der Waals surface area contributed by atoms with Crippen molar-refractivity contribution in [2.75, 3.05) is 45.8 Å². The summed E-state index contributed by atoms with van der Waals surface area (Å²) in [7, 11) is 0. The van der Waals surface area contributed by atoms with Crippen LogP contribution in [0.5, 0.6) is 0 Å². The molecule has 1 aromatic heterocycles. The van der Waals surface area contributed by atoms with Gasteiger partial charge in [-0.2, -0.15) is 0 Å². The normalized spacial score (nSPS) is 17.9. The van der Waals surface area contributed by atoms with Gasteiger partial charge in [-0.3, -0.25) is 0 Å². The third-order valence-corrected chi connectivity index (χ3v) is 3.84. The molecule has 19 heavy (non-hydrogen) atoms. The highest BCUT2D eigenvalue weighted by Gasteiger charge is 2.15. The maximum absolute atomic E-state index is 5.53. The summed E-state index contributed by atoms with van der Waals surface area (Å²) in [5.41, 5.74) is 5.53. The molecule has 2 heterocycles. The average molecular weight is 265 g/mol. The van der Waals surface area contributed by atoms with E-state index < -0.39 is 0 Å². The molecule has 5 nitrogen and oxygen atoms in total. The quantitative estimate of drug-likeness (QED) is 0.701. The van der Waals surface area contributed by atoms with Crippen LogP contribution in [0.4, 0.5) is 0 Å². The van der Waals surface area contributed by atoms with Crippen molar-refractivity contribution in [1.29, 1.82) is 0 Å². The summed E-state index contributed by atoms with van der Waals surface area (Å²) in [4.78, 5) is 9.22. The first-order valence-corrected chi connectivity index (χ1v) is 7.49. The Hall–Kier alpha value is -0.910. The number of aromatic nitrogens is 2. The van der Waals surface area contributed by atoms with Crippen molar-refractivity contribution in [3.8, 4) is 0 Å². The van der Waals surface area contributed by atoms with Gasteiger partial charge in [-0.15, -0.1) is 0 Å². The Morgan fingerprint density at radius 1 is 0.895 bits per heavy atom. The predicted molar refractivity (Wildman–Crippen MR) is 78.0 cm³/mol. The van der Waals surface area contributed by atoms with Crippen molar-refractivity contribution in [3.63, 3.8) is 0 Å². The van der Waals surface area contributed by atoms with Crippen LogP contribution in [-0.2, 0) is 6.54 Å². The molecule has 108 valence electrons. The molecule has 0 radical (unpaired) electrons. The van der Waals surface area contributed by atoms with Gasteiger partial charge in [0.15, 0.2) is 0 Å². The molecule has 0 saturated carbocycles. The summed E-state index contributed by atoms with van der Waals surface area (Å²) in [5.74, 6) is 0. The first-order valence-electron chi connectivity index (χ1n) is 7.49. The third-order valence-electron chi connectivity index (χ3n) is 3.84. The topological polar surface area (TPSA) is 50.3 Å². The zero-order chi connectivity index (χ0) is 13.3. The first-order chi connectivity index (χ1) is 9.38. The van der Waals surface area contributed by atoms with Crippen LogP contribution < -0.4 is 5.73 Å². The number of aryl methyl sites for hydroxylation is 1. The van der Waals surface area contributed by atoms with Crippen molar-refractivity contribution in [3.05, 3.63) is 18.7 Å². The summed E-state index contributed by atoms with van der Waals surface area (Å²) in [5, 5.41) is 0. The Kier molecular flexibility index (Phi) is 6.33. The standard InChI is InChI=1S/C14H27N5/c15-4-1-2-6-17-10-12-18(13-11-17)7-3-8-19-9-5-16-14-19/h5,9,14H,1-4,6-8,10-13,15H2. The zero-order valence-electron chi connectivity index (χ0n) is 11.9. The van der Waals surface area contributed by atoms with Crippen LogP contribution in [-0.4, -0.2) is 65.2 Å². The lowest BCUT2D eigenvalue weighted by molar-refractivity contribution is 0.129. The van der Waals surface area contributed by atoms with Gasteiger partial charge in [-0.05, 0) is 38.9 Å². The molecule has 0 bridgehead atoms. The van der Waals surface area contributed by atoms with Crippen LogP contribution in [0, 0.1) is 0 Å². The molecule has 2 N–H and O–H groups in total. The predicted octanol–water partition coefficient (Wildman–Crippen LogP) is 0.630. The van der Waals surface area contributed by atoms with E-state index in [2.05, 4.69) is 19.4 Å². The summed E-state index contributed by atoms with van der Waals surface area (Å²) in [6, 6.07) is 0. The van der Waals surface area contributed by atoms with Crippen LogP contribution in [0.1, 0.15) is 19.3 Å². The van der Waals surface area contributed by atoms with E-state index in [4.69, 9.17) is 5.73 Å². The molecule has 1 saturated heterocycles. The smallest absolute Gasteiger partial charge is 0.0945 e. The molecule has 1 fully saturated rings. The second-order valence-corrected chi connectivity index (χ2v) is 5.33. The summed E-state index contributed by atoms with van der Waals surface area (Å²) in [6.45, 7) is 9.20. The minimum atomic E-state index is 0.828. The Bertz CT molecular complexity index is 317. The zero-order valence-corrected chi connectivity index (χ0v) is 11.9. The number of unbranched alkanes of at least 4 members (excludes halogenated alkanes) is 1. The SMILES string of the molecule is NCCCCN1CCN(CCCn2ccnc2)CC1. The minimum absolute atomic E-state index is 0.828. The summed E-state index contributed by atoms with van der Waals surface area (Å²) in [6.07, 6.45) is 9.40. The van der Waals surface area contributed by atoms with Crippen LogP contribution in [0.25, 0.3) is 0 Å². The molecule has 0 unspecified atom stereocenters. The Balaban J connectivity index is 1.53. The van der Waals surface area contributed by atoms with Crippen molar-refractivity contribution >= 4 is 0 Å². The molecule has 0 atom stereocenters. The van der Waals surface area contributed by atoms with Gasteiger partial charge in [0.25, 0.3) is 0 Å². The first kappa shape index (κ1) is 14.5. The number of nitrogens with zero attached hydrogens (tertiary/aromatic N) is 4. The Morgan fingerprint density at radius 2 is 1.58 bits per heavy atom. The lowest BCUT2D eigenvalue weighted by Crippen LogP contribution is -2.46. The molecule has 1 aromatic rings. The second kappa shape index (κ2) is 8.30. The van der Waals surface area contributed by atoms with E-state index in [0.29, 0.717) is 0 Å². The molecular formula is C14H27N5. The van der Waals surface area contributed by atoms with E-state index >= 15 is 0 Å². The average Bonchev–Trinajstić information content (AvgIpc) is 2.94. The van der Waals surface area contributed by atoms with Crippen LogP contribution >= 0.6 is 0 Å². The van der Waals surface area contributed by atoms with E-state index in [0.717, 1.165) is 19.5 Å². The molecule has 2 rings (SSSR count). The van der Waals surface area contributed by atoms with E-state index in [1.165, 1.54) is 52.1 Å². The summed E-state index contributed by atoms with van der Waals surface area (Å²) >= 11 is 0. The van der Waals surface area contributed by atoms with Gasteiger partial charge in [0.1, 0.15) is 0 Å². The summed E-state index contributed by atoms with van der Waals surface area (Å²) < 4.78 is 2.16. The molecule has 0 aromatic carbocycles.